The van der Waals surface area contributed by atoms with Gasteiger partial charge >= 0.3 is 0 Å². The Kier molecular flexibility index (Phi) is 6.34. The molecule has 1 aromatic heterocycles. The second-order valence-corrected chi connectivity index (χ2v) is 5.38. The molecule has 1 aromatic rings. The molecule has 0 aliphatic carbocycles. The van der Waals surface area contributed by atoms with Crippen molar-refractivity contribution in [1.29, 1.82) is 0 Å². The minimum atomic E-state index is -0.652. The van der Waals surface area contributed by atoms with Gasteiger partial charge in [0, 0.05) is 31.5 Å². The van der Waals surface area contributed by atoms with E-state index < -0.39 is 11.6 Å². The molecule has 1 rings (SSSR count). The van der Waals surface area contributed by atoms with Gasteiger partial charge in [-0.3, -0.25) is 0 Å². The minimum Gasteiger partial charge on any atom is -0.368 e. The van der Waals surface area contributed by atoms with Gasteiger partial charge < -0.3 is 10.2 Å². The number of aromatic nitrogens is 1. The maximum absolute atomic E-state index is 13.8. The van der Waals surface area contributed by atoms with Crippen LogP contribution in [0.5, 0.6) is 0 Å². The van der Waals surface area contributed by atoms with Gasteiger partial charge in [0.15, 0.2) is 23.3 Å². The highest BCUT2D eigenvalue weighted by molar-refractivity contribution is 7.98. The van der Waals surface area contributed by atoms with Crippen LogP contribution in [0.1, 0.15) is 20.3 Å². The molecule has 1 unspecified atom stereocenters. The number of rotatable bonds is 7. The van der Waals surface area contributed by atoms with Gasteiger partial charge in [-0.2, -0.15) is 11.8 Å². The summed E-state index contributed by atoms with van der Waals surface area (Å²) in [5.41, 5.74) is 0. The van der Waals surface area contributed by atoms with Crippen LogP contribution in [0.3, 0.4) is 0 Å². The summed E-state index contributed by atoms with van der Waals surface area (Å²) in [6, 6.07) is 1.02. The van der Waals surface area contributed by atoms with Crippen molar-refractivity contribution in [1.82, 2.24) is 4.98 Å². The first-order valence-corrected chi connectivity index (χ1v) is 7.72. The zero-order valence-corrected chi connectivity index (χ0v) is 12.7. The van der Waals surface area contributed by atoms with Crippen LogP contribution in [-0.4, -0.2) is 36.6 Å². The molecule has 0 bridgehead atoms. The highest BCUT2D eigenvalue weighted by atomic mass is 32.2. The van der Waals surface area contributed by atoms with Gasteiger partial charge in [0.05, 0.1) is 0 Å². The molecule has 0 spiro atoms. The molecule has 0 aliphatic heterocycles. The third kappa shape index (κ3) is 4.23. The number of pyridine rings is 1. The normalized spacial score (nSPS) is 12.3. The molecule has 108 valence electrons. The van der Waals surface area contributed by atoms with Crippen molar-refractivity contribution in [2.45, 2.75) is 26.3 Å². The fourth-order valence-electron chi connectivity index (χ4n) is 1.63. The number of thioether (sulfide) groups is 1. The van der Waals surface area contributed by atoms with Crippen molar-refractivity contribution in [2.24, 2.45) is 0 Å². The van der Waals surface area contributed by atoms with Gasteiger partial charge in [-0.05, 0) is 19.6 Å². The first-order valence-electron chi connectivity index (χ1n) is 6.32. The van der Waals surface area contributed by atoms with E-state index in [0.29, 0.717) is 6.54 Å². The Morgan fingerprint density at radius 1 is 1.42 bits per heavy atom. The highest BCUT2D eigenvalue weighted by Gasteiger charge is 2.18. The lowest BCUT2D eigenvalue weighted by molar-refractivity contribution is 0.567. The van der Waals surface area contributed by atoms with Crippen LogP contribution in [0.25, 0.3) is 0 Å². The highest BCUT2D eigenvalue weighted by Crippen LogP contribution is 2.23. The molecule has 19 heavy (non-hydrogen) atoms. The first-order chi connectivity index (χ1) is 9.01. The standard InChI is InChI=1S/C13H21F2N3S/c1-5-6-16-12-10(14)7-11(15)13(17-12)18(3)9(2)8-19-4/h7,9H,5-6,8H2,1-4H3,(H,16,17). The lowest BCUT2D eigenvalue weighted by Crippen LogP contribution is -2.32. The molecule has 0 saturated heterocycles. The van der Waals surface area contributed by atoms with Crippen molar-refractivity contribution in [3.63, 3.8) is 0 Å². The van der Waals surface area contributed by atoms with Crippen molar-refractivity contribution in [2.75, 3.05) is 35.8 Å². The number of anilines is 2. The first kappa shape index (κ1) is 16.0. The molecule has 6 heteroatoms. The van der Waals surface area contributed by atoms with E-state index >= 15 is 0 Å². The Labute approximate surface area is 117 Å². The molecule has 1 heterocycles. The molecule has 1 N–H and O–H groups in total. The molecule has 0 saturated carbocycles. The Balaban J connectivity index is 2.99. The molecular weight excluding hydrogens is 268 g/mol. The zero-order chi connectivity index (χ0) is 14.4. The van der Waals surface area contributed by atoms with Gasteiger partial charge in [0.25, 0.3) is 0 Å². The van der Waals surface area contributed by atoms with Crippen LogP contribution in [0.4, 0.5) is 20.4 Å². The summed E-state index contributed by atoms with van der Waals surface area (Å²) in [6.07, 6.45) is 2.85. The summed E-state index contributed by atoms with van der Waals surface area (Å²) in [7, 11) is 1.77. The Bertz CT molecular complexity index is 415. The van der Waals surface area contributed by atoms with E-state index in [1.165, 1.54) is 0 Å². The molecular formula is C13H21F2N3S. The topological polar surface area (TPSA) is 28.2 Å². The predicted octanol–water partition coefficient (Wildman–Crippen LogP) is 3.37. The Morgan fingerprint density at radius 3 is 2.68 bits per heavy atom. The van der Waals surface area contributed by atoms with E-state index in [1.54, 1.807) is 23.7 Å². The van der Waals surface area contributed by atoms with Gasteiger partial charge in [-0.1, -0.05) is 6.92 Å². The minimum absolute atomic E-state index is 0.112. The third-order valence-electron chi connectivity index (χ3n) is 2.86. The van der Waals surface area contributed by atoms with Gasteiger partial charge in [-0.15, -0.1) is 0 Å². The van der Waals surface area contributed by atoms with Crippen molar-refractivity contribution < 1.29 is 8.78 Å². The Morgan fingerprint density at radius 2 is 2.11 bits per heavy atom. The quantitative estimate of drug-likeness (QED) is 0.833. The number of nitrogens with zero attached hydrogens (tertiary/aromatic N) is 2. The summed E-state index contributed by atoms with van der Waals surface area (Å²) in [4.78, 5) is 5.81. The van der Waals surface area contributed by atoms with E-state index in [2.05, 4.69) is 10.3 Å². The number of hydrogen-bond acceptors (Lipinski definition) is 4. The fourth-order valence-corrected chi connectivity index (χ4v) is 2.34. The van der Waals surface area contributed by atoms with Crippen molar-refractivity contribution in [3.05, 3.63) is 17.7 Å². The predicted molar refractivity (Wildman–Crippen MR) is 79.2 cm³/mol. The third-order valence-corrected chi connectivity index (χ3v) is 3.67. The molecule has 0 aromatic carbocycles. The molecule has 0 aliphatic rings. The van der Waals surface area contributed by atoms with Gasteiger partial charge in [-0.25, -0.2) is 13.8 Å². The van der Waals surface area contributed by atoms with E-state index in [1.807, 2.05) is 20.1 Å². The Hall–Kier alpha value is -1.04. The second kappa shape index (κ2) is 7.53. The maximum atomic E-state index is 13.8. The van der Waals surface area contributed by atoms with Crippen molar-refractivity contribution >= 4 is 23.4 Å². The average molecular weight is 289 g/mol. The van der Waals surface area contributed by atoms with E-state index in [-0.39, 0.29) is 17.7 Å². The second-order valence-electron chi connectivity index (χ2n) is 4.47. The van der Waals surface area contributed by atoms with Crippen LogP contribution in [0.15, 0.2) is 6.07 Å². The van der Waals surface area contributed by atoms with Gasteiger partial charge in [0.2, 0.25) is 0 Å². The van der Waals surface area contributed by atoms with E-state index in [4.69, 9.17) is 0 Å². The van der Waals surface area contributed by atoms with E-state index in [0.717, 1.165) is 18.2 Å². The maximum Gasteiger partial charge on any atom is 0.168 e. The van der Waals surface area contributed by atoms with E-state index in [9.17, 15) is 8.78 Å². The van der Waals surface area contributed by atoms with Crippen LogP contribution in [0, 0.1) is 11.6 Å². The number of halogens is 2. The summed E-state index contributed by atoms with van der Waals surface area (Å²) in [6.45, 7) is 4.57. The largest absolute Gasteiger partial charge is 0.368 e. The fraction of sp³-hybridized carbons (Fsp3) is 0.615. The average Bonchev–Trinajstić information content (AvgIpc) is 2.37. The van der Waals surface area contributed by atoms with Crippen LogP contribution in [0.2, 0.25) is 0 Å². The number of hydrogen-bond donors (Lipinski definition) is 1. The molecule has 0 amide bonds. The van der Waals surface area contributed by atoms with Crippen LogP contribution >= 0.6 is 11.8 Å². The monoisotopic (exact) mass is 289 g/mol. The van der Waals surface area contributed by atoms with Crippen LogP contribution < -0.4 is 10.2 Å². The summed E-state index contributed by atoms with van der Waals surface area (Å²) >= 11 is 1.68. The molecule has 3 nitrogen and oxygen atoms in total. The molecule has 0 fully saturated rings. The zero-order valence-electron chi connectivity index (χ0n) is 11.8. The van der Waals surface area contributed by atoms with Crippen molar-refractivity contribution in [3.8, 4) is 0 Å². The summed E-state index contributed by atoms with van der Waals surface area (Å²) in [5, 5.41) is 2.87. The van der Waals surface area contributed by atoms with Crippen LogP contribution in [-0.2, 0) is 0 Å². The molecule has 1 atom stereocenters. The lowest BCUT2D eigenvalue weighted by atomic mass is 10.3. The van der Waals surface area contributed by atoms with Gasteiger partial charge in [0.1, 0.15) is 0 Å². The summed E-state index contributed by atoms with van der Waals surface area (Å²) in [5.74, 6) is -0.133. The SMILES string of the molecule is CCCNc1nc(N(C)C(C)CSC)c(F)cc1F. The number of nitrogens with one attached hydrogen (secondary N) is 1. The molecule has 0 radical (unpaired) electrons. The lowest BCUT2D eigenvalue weighted by Gasteiger charge is -2.26. The smallest absolute Gasteiger partial charge is 0.168 e. The summed E-state index contributed by atoms with van der Waals surface area (Å²) < 4.78 is 27.4.